The van der Waals surface area contributed by atoms with E-state index >= 15 is 0 Å². The van der Waals surface area contributed by atoms with Gasteiger partial charge in [0.2, 0.25) is 0 Å². The number of furan rings is 1. The largest absolute Gasteiger partial charge is 0.456 e. The number of hydrogen-bond acceptors (Lipinski definition) is 3. The summed E-state index contributed by atoms with van der Waals surface area (Å²) in [6.45, 7) is 0. The van der Waals surface area contributed by atoms with E-state index in [4.69, 9.17) is 4.42 Å². The second kappa shape index (κ2) is 12.9. The third kappa shape index (κ3) is 5.24. The van der Waals surface area contributed by atoms with Crippen LogP contribution in [0, 0.1) is 0 Å². The summed E-state index contributed by atoms with van der Waals surface area (Å²) >= 11 is 1.88. The third-order valence-electron chi connectivity index (χ3n) is 10.9. The fourth-order valence-corrected chi connectivity index (χ4v) is 9.60. The van der Waals surface area contributed by atoms with Gasteiger partial charge in [-0.2, -0.15) is 0 Å². The fourth-order valence-electron chi connectivity index (χ4n) is 8.30. The van der Waals surface area contributed by atoms with Crippen LogP contribution in [0.4, 0.5) is 17.1 Å². The van der Waals surface area contributed by atoms with E-state index in [0.29, 0.717) is 0 Å². The molecule has 0 aliphatic rings. The quantitative estimate of drug-likeness (QED) is 0.170. The monoisotopic (exact) mass is 719 g/mol. The van der Waals surface area contributed by atoms with Crippen LogP contribution in [-0.2, 0) is 0 Å². The van der Waals surface area contributed by atoms with Crippen molar-refractivity contribution in [1.82, 2.24) is 0 Å². The van der Waals surface area contributed by atoms with Gasteiger partial charge in [0, 0.05) is 30.9 Å². The molecule has 0 saturated carbocycles. The van der Waals surface area contributed by atoms with Crippen LogP contribution < -0.4 is 4.90 Å². The molecule has 0 fully saturated rings. The van der Waals surface area contributed by atoms with E-state index in [9.17, 15) is 0 Å². The first-order chi connectivity index (χ1) is 27.3. The molecule has 55 heavy (non-hydrogen) atoms. The standard InChI is InChI=1S/C52H33NOS/c1-4-14-34(15-5-1)38-26-28-42-48(32-38)54-47-25-13-24-45(50(42)47)53(44-23-12-21-36-20-10-11-22-40(36)44)46-31-30-41(37-18-8-3-9-19-37)52-51(46)43-29-27-39(33-49(43)55-52)35-16-6-2-7-17-35/h1-33H. The summed E-state index contributed by atoms with van der Waals surface area (Å²) in [4.78, 5) is 2.49. The van der Waals surface area contributed by atoms with Crippen LogP contribution in [0.25, 0.3) is 86.3 Å². The molecule has 0 saturated heterocycles. The minimum absolute atomic E-state index is 0.864. The van der Waals surface area contributed by atoms with E-state index < -0.39 is 0 Å². The van der Waals surface area contributed by atoms with Crippen molar-refractivity contribution >= 4 is 81.3 Å². The lowest BCUT2D eigenvalue weighted by Crippen LogP contribution is -2.11. The molecule has 9 aromatic carbocycles. The van der Waals surface area contributed by atoms with Crippen molar-refractivity contribution in [3.8, 4) is 33.4 Å². The summed E-state index contributed by atoms with van der Waals surface area (Å²) < 4.78 is 9.25. The third-order valence-corrected chi connectivity index (χ3v) is 12.0. The summed E-state index contributed by atoms with van der Waals surface area (Å²) in [5.41, 5.74) is 12.3. The Hall–Kier alpha value is -6.94. The molecular weight excluding hydrogens is 687 g/mol. The number of benzene rings is 9. The van der Waals surface area contributed by atoms with Crippen molar-refractivity contribution in [1.29, 1.82) is 0 Å². The summed E-state index contributed by atoms with van der Waals surface area (Å²) in [6.07, 6.45) is 0. The number of rotatable bonds is 6. The molecule has 0 amide bonds. The normalized spacial score (nSPS) is 11.6. The Kier molecular flexibility index (Phi) is 7.39. The van der Waals surface area contributed by atoms with Crippen LogP contribution in [-0.4, -0.2) is 0 Å². The molecule has 2 heterocycles. The summed E-state index contributed by atoms with van der Waals surface area (Å²) in [7, 11) is 0. The van der Waals surface area contributed by atoms with Crippen molar-refractivity contribution in [3.63, 3.8) is 0 Å². The molecule has 0 unspecified atom stereocenters. The van der Waals surface area contributed by atoms with Crippen molar-refractivity contribution in [2.24, 2.45) is 0 Å². The maximum atomic E-state index is 6.71. The lowest BCUT2D eigenvalue weighted by atomic mass is 9.98. The van der Waals surface area contributed by atoms with E-state index in [1.54, 1.807) is 0 Å². The highest BCUT2D eigenvalue weighted by Gasteiger charge is 2.25. The Morgan fingerprint density at radius 3 is 1.73 bits per heavy atom. The predicted octanol–water partition coefficient (Wildman–Crippen LogP) is 15.6. The van der Waals surface area contributed by atoms with Crippen LogP contribution in [0.15, 0.2) is 205 Å². The highest BCUT2D eigenvalue weighted by atomic mass is 32.1. The van der Waals surface area contributed by atoms with Gasteiger partial charge in [-0.3, -0.25) is 0 Å². The number of fused-ring (bicyclic) bond motifs is 7. The molecule has 0 aliphatic heterocycles. The van der Waals surface area contributed by atoms with Crippen LogP contribution in [0.5, 0.6) is 0 Å². The number of thiophene rings is 1. The average Bonchev–Trinajstić information content (AvgIpc) is 3.83. The summed E-state index contributed by atoms with van der Waals surface area (Å²) in [5, 5.41) is 7.06. The second-order valence-electron chi connectivity index (χ2n) is 14.0. The molecule has 2 aromatic heterocycles. The first-order valence-electron chi connectivity index (χ1n) is 18.7. The Morgan fingerprint density at radius 1 is 0.364 bits per heavy atom. The zero-order valence-electron chi connectivity index (χ0n) is 29.8. The number of anilines is 3. The van der Waals surface area contributed by atoms with Gasteiger partial charge in [0.15, 0.2) is 0 Å². The van der Waals surface area contributed by atoms with Gasteiger partial charge in [-0.25, -0.2) is 0 Å². The lowest BCUT2D eigenvalue weighted by Gasteiger charge is -2.29. The molecule has 3 heteroatoms. The van der Waals surface area contributed by atoms with E-state index in [0.717, 1.165) is 44.6 Å². The summed E-state index contributed by atoms with van der Waals surface area (Å²) in [6, 6.07) is 72.1. The maximum absolute atomic E-state index is 6.71. The van der Waals surface area contributed by atoms with Crippen LogP contribution in [0.3, 0.4) is 0 Å². The Balaban J connectivity index is 1.23. The van der Waals surface area contributed by atoms with E-state index in [-0.39, 0.29) is 0 Å². The number of hydrogen-bond donors (Lipinski definition) is 0. The molecule has 0 aliphatic carbocycles. The van der Waals surface area contributed by atoms with Crippen LogP contribution in [0.2, 0.25) is 0 Å². The first kappa shape index (κ1) is 31.6. The van der Waals surface area contributed by atoms with Gasteiger partial charge in [0.25, 0.3) is 0 Å². The topological polar surface area (TPSA) is 16.4 Å². The van der Waals surface area contributed by atoms with Gasteiger partial charge in [-0.15, -0.1) is 11.3 Å². The highest BCUT2D eigenvalue weighted by molar-refractivity contribution is 7.26. The van der Waals surface area contributed by atoms with Crippen molar-refractivity contribution < 1.29 is 4.42 Å². The molecular formula is C52H33NOS. The van der Waals surface area contributed by atoms with Gasteiger partial charge in [-0.05, 0) is 81.2 Å². The van der Waals surface area contributed by atoms with Crippen molar-refractivity contribution in [2.75, 3.05) is 4.90 Å². The Labute approximate surface area is 322 Å². The van der Waals surface area contributed by atoms with Gasteiger partial charge in [0.05, 0.1) is 22.4 Å². The van der Waals surface area contributed by atoms with E-state index in [2.05, 4.69) is 205 Å². The zero-order chi connectivity index (χ0) is 36.3. The molecule has 0 bridgehead atoms. The predicted molar refractivity (Wildman–Crippen MR) is 235 cm³/mol. The molecule has 0 spiro atoms. The second-order valence-corrected chi connectivity index (χ2v) is 15.1. The smallest absolute Gasteiger partial charge is 0.137 e. The van der Waals surface area contributed by atoms with Crippen LogP contribution in [0.1, 0.15) is 0 Å². The average molecular weight is 720 g/mol. The highest BCUT2D eigenvalue weighted by Crippen LogP contribution is 2.52. The molecule has 0 N–H and O–H groups in total. The molecule has 258 valence electrons. The summed E-state index contributed by atoms with van der Waals surface area (Å²) in [5.74, 6) is 0. The zero-order valence-corrected chi connectivity index (χ0v) is 30.6. The Bertz CT molecular complexity index is 3190. The Morgan fingerprint density at radius 2 is 0.964 bits per heavy atom. The molecule has 0 radical (unpaired) electrons. The maximum Gasteiger partial charge on any atom is 0.137 e. The molecule has 11 rings (SSSR count). The lowest BCUT2D eigenvalue weighted by molar-refractivity contribution is 0.669. The minimum Gasteiger partial charge on any atom is -0.456 e. The minimum atomic E-state index is 0.864. The van der Waals surface area contributed by atoms with E-state index in [1.807, 2.05) is 11.3 Å². The van der Waals surface area contributed by atoms with Crippen LogP contribution >= 0.6 is 11.3 Å². The molecule has 11 aromatic rings. The van der Waals surface area contributed by atoms with Gasteiger partial charge in [0.1, 0.15) is 11.2 Å². The van der Waals surface area contributed by atoms with E-state index in [1.165, 1.54) is 58.8 Å². The number of nitrogens with zero attached hydrogens (tertiary/aromatic N) is 1. The SMILES string of the molecule is c1ccc(-c2ccc3c(c2)oc2cccc(N(c4cccc5ccccc45)c4ccc(-c5ccccc5)c5sc6cc(-c7ccccc7)ccc6c45)c23)cc1. The van der Waals surface area contributed by atoms with Gasteiger partial charge < -0.3 is 9.32 Å². The first-order valence-corrected chi connectivity index (χ1v) is 19.5. The molecule has 0 atom stereocenters. The fraction of sp³-hybridized carbons (Fsp3) is 0. The van der Waals surface area contributed by atoms with Gasteiger partial charge in [-0.1, -0.05) is 158 Å². The van der Waals surface area contributed by atoms with Crippen molar-refractivity contribution in [3.05, 3.63) is 200 Å². The van der Waals surface area contributed by atoms with Gasteiger partial charge >= 0.3 is 0 Å². The van der Waals surface area contributed by atoms with Crippen molar-refractivity contribution in [2.45, 2.75) is 0 Å². The molecule has 2 nitrogen and oxygen atoms in total.